The Hall–Kier alpha value is -1.09. The molecule has 0 radical (unpaired) electrons. The fourth-order valence-corrected chi connectivity index (χ4v) is 15.7. The molecule has 0 bridgehead atoms. The minimum Gasteiger partial charge on any atom is -0.462 e. The zero-order valence-electron chi connectivity index (χ0n) is 40.1. The first kappa shape index (κ1) is 51.8. The van der Waals surface area contributed by atoms with Crippen molar-refractivity contribution in [2.24, 2.45) is 70.0 Å². The highest BCUT2D eigenvalue weighted by molar-refractivity contribution is 5.66. The molecule has 16 nitrogen and oxygen atoms in total. The number of ether oxygens (including phenoxy) is 5. The van der Waals surface area contributed by atoms with Crippen LogP contribution in [0.5, 0.6) is 0 Å². The van der Waals surface area contributed by atoms with Crippen molar-refractivity contribution in [1.82, 2.24) is 0 Å². The smallest absolute Gasteiger partial charge is 0.302 e. The molecule has 0 aromatic carbocycles. The van der Waals surface area contributed by atoms with Crippen molar-refractivity contribution in [3.05, 3.63) is 0 Å². The van der Waals surface area contributed by atoms with E-state index >= 15 is 0 Å². The summed E-state index contributed by atoms with van der Waals surface area (Å²) in [4.78, 5) is 13.2. The van der Waals surface area contributed by atoms with Crippen LogP contribution >= 0.6 is 0 Å². The molecular weight excluding hydrogens is 845 g/mol. The van der Waals surface area contributed by atoms with E-state index in [1.807, 2.05) is 0 Å². The van der Waals surface area contributed by atoms with Crippen LogP contribution in [0.4, 0.5) is 0 Å². The van der Waals surface area contributed by atoms with Crippen molar-refractivity contribution in [1.29, 1.82) is 0 Å². The van der Waals surface area contributed by atoms with Crippen LogP contribution in [0.3, 0.4) is 0 Å². The summed E-state index contributed by atoms with van der Waals surface area (Å²) in [7, 11) is 0. The average molecular weight is 929 g/mol. The van der Waals surface area contributed by atoms with Crippen molar-refractivity contribution in [3.8, 4) is 0 Å². The lowest BCUT2D eigenvalue weighted by atomic mass is 9.43. The molecular formula is C49H84O16. The van der Waals surface area contributed by atoms with E-state index in [1.165, 1.54) is 13.8 Å². The van der Waals surface area contributed by atoms with E-state index in [-0.39, 0.29) is 58.7 Å². The van der Waals surface area contributed by atoms with E-state index in [2.05, 4.69) is 41.5 Å². The van der Waals surface area contributed by atoms with E-state index in [9.17, 15) is 55.9 Å². The molecule has 0 amide bonds. The first-order valence-corrected chi connectivity index (χ1v) is 25.0. The molecule has 4 saturated carbocycles. The third-order valence-corrected chi connectivity index (χ3v) is 19.0. The number of fused-ring (bicyclic) bond motifs is 5. The molecule has 7 fully saturated rings. The van der Waals surface area contributed by atoms with Gasteiger partial charge in [0.15, 0.2) is 6.29 Å². The Balaban J connectivity index is 1.20. The van der Waals surface area contributed by atoms with Gasteiger partial charge >= 0.3 is 5.97 Å². The molecule has 16 heteroatoms. The Labute approximate surface area is 385 Å². The first-order chi connectivity index (χ1) is 30.5. The van der Waals surface area contributed by atoms with Crippen molar-refractivity contribution >= 4 is 5.97 Å². The van der Waals surface area contributed by atoms with Gasteiger partial charge in [0.2, 0.25) is 0 Å². The van der Waals surface area contributed by atoms with Gasteiger partial charge in [-0.15, -0.1) is 0 Å². The normalized spacial score (nSPS) is 52.8. The van der Waals surface area contributed by atoms with Gasteiger partial charge in [0.05, 0.1) is 37.1 Å². The van der Waals surface area contributed by atoms with Gasteiger partial charge in [0.1, 0.15) is 67.1 Å². The van der Waals surface area contributed by atoms with Crippen LogP contribution in [0.1, 0.15) is 120 Å². The van der Waals surface area contributed by atoms with Gasteiger partial charge < -0.3 is 74.7 Å². The number of carbonyl (C=O) groups is 1. The van der Waals surface area contributed by atoms with Crippen LogP contribution in [-0.4, -0.2) is 168 Å². The summed E-state index contributed by atoms with van der Waals surface area (Å²) in [5, 5.41) is 110. The van der Waals surface area contributed by atoms with E-state index in [1.54, 1.807) is 6.92 Å². The summed E-state index contributed by atoms with van der Waals surface area (Å²) >= 11 is 0. The van der Waals surface area contributed by atoms with Gasteiger partial charge in [-0.25, -0.2) is 0 Å². The number of carbonyl (C=O) groups excluding carboxylic acids is 1. The third-order valence-electron chi connectivity index (χ3n) is 19.0. The number of aliphatic hydroxyl groups is 10. The minimum atomic E-state index is -1.64. The van der Waals surface area contributed by atoms with Gasteiger partial charge in [0, 0.05) is 18.8 Å². The Morgan fingerprint density at radius 1 is 0.738 bits per heavy atom. The molecule has 3 aliphatic heterocycles. The van der Waals surface area contributed by atoms with Crippen molar-refractivity contribution in [3.63, 3.8) is 0 Å². The predicted octanol–water partition coefficient (Wildman–Crippen LogP) is 1.66. The van der Waals surface area contributed by atoms with Crippen LogP contribution in [-0.2, 0) is 28.5 Å². The number of aliphatic hydroxyl groups excluding tert-OH is 10. The molecule has 0 spiro atoms. The quantitative estimate of drug-likeness (QED) is 0.125. The summed E-state index contributed by atoms with van der Waals surface area (Å²) in [6.07, 6.45) is -13.3. The number of esters is 1. The highest BCUT2D eigenvalue weighted by Crippen LogP contribution is 2.71. The first-order valence-electron chi connectivity index (χ1n) is 25.0. The molecule has 0 aromatic rings. The standard InChI is InChI=1S/C49H84O16/c1-10-27(20(2)3)30(52)17-21(4)33-44(63-24(7)51)32(45-41(59)38(56)35(53)22(5)61-45)34-28-12-11-26-18-25(13-15-48(26,8)29(28)14-16-49(33,34)9)43-46(40(58)37(55)31(19-50)64-43)65-47-42(60)39(57)36(54)23(6)62-47/h20-23,25-47,50,52-60H,10-19H2,1-9H3/t21-,22+,23+,25+,26+,27?,28-,29+,30?,31+,32+,33+,34-,35+,36+,37+,38-,39-,40-,41-,42-,43-,44+,45+,46+,47+,48+,49-/m1/s1. The second kappa shape index (κ2) is 20.0. The van der Waals surface area contributed by atoms with E-state index in [0.717, 1.165) is 38.5 Å². The molecule has 3 saturated heterocycles. The summed E-state index contributed by atoms with van der Waals surface area (Å²) in [6.45, 7) is 17.3. The van der Waals surface area contributed by atoms with Crippen LogP contribution < -0.4 is 0 Å². The van der Waals surface area contributed by atoms with Gasteiger partial charge in [-0.05, 0) is 123 Å². The second-order valence-electron chi connectivity index (χ2n) is 22.8. The number of hydrogen-bond acceptors (Lipinski definition) is 16. The summed E-state index contributed by atoms with van der Waals surface area (Å²) in [5.74, 6) is -0.615. The van der Waals surface area contributed by atoms with E-state index in [4.69, 9.17) is 23.7 Å². The van der Waals surface area contributed by atoms with Crippen LogP contribution in [0.2, 0.25) is 0 Å². The Bertz CT molecular complexity index is 1600. The predicted molar refractivity (Wildman–Crippen MR) is 234 cm³/mol. The third kappa shape index (κ3) is 9.13. The van der Waals surface area contributed by atoms with Gasteiger partial charge in [-0.2, -0.15) is 0 Å². The van der Waals surface area contributed by atoms with Crippen molar-refractivity contribution in [2.45, 2.75) is 224 Å². The van der Waals surface area contributed by atoms with Gasteiger partial charge in [-0.3, -0.25) is 4.79 Å². The summed E-state index contributed by atoms with van der Waals surface area (Å²) in [5.41, 5.74) is -0.567. The Morgan fingerprint density at radius 2 is 1.37 bits per heavy atom. The largest absolute Gasteiger partial charge is 0.462 e. The molecule has 7 rings (SSSR count). The minimum absolute atomic E-state index is 0.0776. The van der Waals surface area contributed by atoms with E-state index < -0.39 is 128 Å². The monoisotopic (exact) mass is 929 g/mol. The van der Waals surface area contributed by atoms with Gasteiger partial charge in [-0.1, -0.05) is 48.0 Å². The van der Waals surface area contributed by atoms with E-state index in [0.29, 0.717) is 19.3 Å². The lowest BCUT2D eigenvalue weighted by Gasteiger charge is -2.63. The van der Waals surface area contributed by atoms with Crippen molar-refractivity contribution in [2.75, 3.05) is 6.61 Å². The van der Waals surface area contributed by atoms with Crippen LogP contribution in [0, 0.1) is 70.0 Å². The lowest BCUT2D eigenvalue weighted by Crippen LogP contribution is -2.65. The maximum atomic E-state index is 13.2. The van der Waals surface area contributed by atoms with Crippen molar-refractivity contribution < 1.29 is 79.5 Å². The van der Waals surface area contributed by atoms with Crippen LogP contribution in [0.25, 0.3) is 0 Å². The number of hydrogen-bond donors (Lipinski definition) is 10. The molecule has 7 aliphatic rings. The zero-order chi connectivity index (χ0) is 47.8. The maximum Gasteiger partial charge on any atom is 0.302 e. The molecule has 3 heterocycles. The Kier molecular flexibility index (Phi) is 15.9. The topological polar surface area (TPSA) is 266 Å². The molecule has 10 N–H and O–H groups in total. The fraction of sp³-hybridized carbons (Fsp3) is 0.980. The maximum absolute atomic E-state index is 13.2. The molecule has 4 aliphatic carbocycles. The summed E-state index contributed by atoms with van der Waals surface area (Å²) < 4.78 is 31.4. The lowest BCUT2D eigenvalue weighted by molar-refractivity contribution is -0.342. The SMILES string of the molecule is CCC(C(C)C)C(O)C[C@@H](C)[C@H]1[C@@H](OC(C)=O)[C@@H]([C@@H]2O[C@@H](C)[C@H](O)[C@@H](O)[C@H]2O)[C@H]2[C@@H]3CC[C@H]4C[C@@H]([C@H]5O[C@@H](CO)[C@H](O)[C@@H](O)[C@@H]5O[C@@H]5O[C@@H](C)[C@H](O)[C@@H](O)[C@H]5O)CC[C@]4(C)[C@H]3CC[C@@]21C. The summed E-state index contributed by atoms with van der Waals surface area (Å²) in [6, 6.07) is 0. The second-order valence-corrected chi connectivity index (χ2v) is 22.8. The fourth-order valence-electron chi connectivity index (χ4n) is 15.7. The number of rotatable bonds is 12. The molecule has 0 aromatic heterocycles. The average Bonchev–Trinajstić information content (AvgIpc) is 3.51. The molecule has 376 valence electrons. The Morgan fingerprint density at radius 3 is 1.98 bits per heavy atom. The zero-order valence-corrected chi connectivity index (χ0v) is 40.1. The molecule has 28 atom stereocenters. The highest BCUT2D eigenvalue weighted by Gasteiger charge is 2.70. The molecule has 65 heavy (non-hydrogen) atoms. The van der Waals surface area contributed by atoms with Crippen LogP contribution in [0.15, 0.2) is 0 Å². The molecule has 2 unspecified atom stereocenters. The highest BCUT2D eigenvalue weighted by atomic mass is 16.7. The van der Waals surface area contributed by atoms with Gasteiger partial charge in [0.25, 0.3) is 0 Å².